The number of carbonyl (C=O) groups excluding carboxylic acids is 2. The van der Waals surface area contributed by atoms with Crippen LogP contribution < -0.4 is 5.32 Å². The summed E-state index contributed by atoms with van der Waals surface area (Å²) in [6.45, 7) is 5.01. The second kappa shape index (κ2) is 6.91. The van der Waals surface area contributed by atoms with Crippen molar-refractivity contribution in [3.8, 4) is 0 Å². The molecule has 9 heteroatoms. The highest BCUT2D eigenvalue weighted by atomic mass is 19.1. The number of aromatic nitrogens is 3. The van der Waals surface area contributed by atoms with E-state index < -0.39 is 17.1 Å². The molecule has 2 aliphatic heterocycles. The van der Waals surface area contributed by atoms with Crippen LogP contribution in [0.15, 0.2) is 24.4 Å². The maximum Gasteiger partial charge on any atom is 0.275 e. The Labute approximate surface area is 168 Å². The summed E-state index contributed by atoms with van der Waals surface area (Å²) < 4.78 is 15.5. The molecule has 4 rings (SSSR count). The molecule has 0 aromatic carbocycles. The van der Waals surface area contributed by atoms with Gasteiger partial charge in [0.1, 0.15) is 5.69 Å². The zero-order valence-electron chi connectivity index (χ0n) is 16.8. The highest BCUT2D eigenvalue weighted by molar-refractivity contribution is 6.02. The summed E-state index contributed by atoms with van der Waals surface area (Å²) in [5.41, 5.74) is -0.945. The maximum absolute atomic E-state index is 15.5. The number of alkyl halides is 1. The fourth-order valence-corrected chi connectivity index (χ4v) is 4.04. The van der Waals surface area contributed by atoms with Crippen molar-refractivity contribution in [3.05, 3.63) is 41.3 Å². The van der Waals surface area contributed by atoms with Gasteiger partial charge in [-0.2, -0.15) is 5.10 Å². The first-order valence-electron chi connectivity index (χ1n) is 9.72. The fourth-order valence-electron chi connectivity index (χ4n) is 4.04. The molecule has 2 aromatic heterocycles. The van der Waals surface area contributed by atoms with Crippen molar-refractivity contribution >= 4 is 17.6 Å². The van der Waals surface area contributed by atoms with Crippen molar-refractivity contribution in [2.45, 2.75) is 44.4 Å². The molecule has 0 radical (unpaired) electrons. The molecule has 2 aromatic rings. The number of hydrogen-bond donors (Lipinski definition) is 2. The van der Waals surface area contributed by atoms with Gasteiger partial charge in [0.15, 0.2) is 11.5 Å². The molecule has 4 heterocycles. The Hall–Kier alpha value is -2.81. The van der Waals surface area contributed by atoms with Crippen LogP contribution in [0.2, 0.25) is 0 Å². The van der Waals surface area contributed by atoms with Gasteiger partial charge in [0.25, 0.3) is 11.8 Å². The monoisotopic (exact) mass is 400 g/mol. The summed E-state index contributed by atoms with van der Waals surface area (Å²) in [5, 5.41) is 9.89. The smallest absolute Gasteiger partial charge is 0.275 e. The van der Waals surface area contributed by atoms with Crippen LogP contribution in [0.1, 0.15) is 48.4 Å². The summed E-state index contributed by atoms with van der Waals surface area (Å²) in [5.74, 6) is -0.544. The lowest BCUT2D eigenvalue weighted by Gasteiger charge is -2.40. The molecule has 29 heavy (non-hydrogen) atoms. The number of carbonyl (C=O) groups is 2. The van der Waals surface area contributed by atoms with E-state index in [2.05, 4.69) is 20.5 Å². The number of nitrogens with one attached hydrogen (secondary N) is 2. The van der Waals surface area contributed by atoms with Crippen LogP contribution in [-0.4, -0.2) is 62.6 Å². The summed E-state index contributed by atoms with van der Waals surface area (Å²) in [4.78, 5) is 33.2. The third-order valence-electron chi connectivity index (χ3n) is 6.01. The number of anilines is 1. The Balaban J connectivity index is 1.56. The average Bonchev–Trinajstić information content (AvgIpc) is 3.22. The van der Waals surface area contributed by atoms with E-state index in [9.17, 15) is 9.59 Å². The van der Waals surface area contributed by atoms with Gasteiger partial charge in [-0.15, -0.1) is 0 Å². The molecule has 2 amide bonds. The highest BCUT2D eigenvalue weighted by Crippen LogP contribution is 2.43. The number of H-pyrrole nitrogens is 1. The van der Waals surface area contributed by atoms with Crippen molar-refractivity contribution in [2.24, 2.45) is 0 Å². The molecule has 154 valence electrons. The van der Waals surface area contributed by atoms with Crippen molar-refractivity contribution in [1.82, 2.24) is 25.0 Å². The first kappa shape index (κ1) is 19.5. The van der Waals surface area contributed by atoms with Crippen LogP contribution >= 0.6 is 0 Å². The Kier molecular flexibility index (Phi) is 4.65. The van der Waals surface area contributed by atoms with Crippen molar-refractivity contribution in [3.63, 3.8) is 0 Å². The molecule has 0 aliphatic carbocycles. The zero-order chi connectivity index (χ0) is 20.8. The molecule has 0 unspecified atom stereocenters. The van der Waals surface area contributed by atoms with Crippen molar-refractivity contribution in [2.75, 3.05) is 25.5 Å². The molecular weight excluding hydrogens is 375 g/mol. The van der Waals surface area contributed by atoms with Crippen LogP contribution in [0.3, 0.4) is 0 Å². The topological polar surface area (TPSA) is 94.2 Å². The van der Waals surface area contributed by atoms with E-state index in [1.54, 1.807) is 23.1 Å². The minimum atomic E-state index is -1.86. The van der Waals surface area contributed by atoms with Crippen LogP contribution in [0.25, 0.3) is 0 Å². The number of amides is 2. The highest BCUT2D eigenvalue weighted by Gasteiger charge is 2.51. The Bertz CT molecular complexity index is 934. The first-order valence-corrected chi connectivity index (χ1v) is 9.72. The van der Waals surface area contributed by atoms with E-state index in [0.29, 0.717) is 30.2 Å². The van der Waals surface area contributed by atoms with Gasteiger partial charge in [-0.3, -0.25) is 19.7 Å². The van der Waals surface area contributed by atoms with Crippen LogP contribution in [-0.2, 0) is 16.9 Å². The Morgan fingerprint density at radius 2 is 1.97 bits per heavy atom. The summed E-state index contributed by atoms with van der Waals surface area (Å²) in [7, 11) is 1.93. The van der Waals surface area contributed by atoms with Crippen LogP contribution in [0.5, 0.6) is 0 Å². The number of pyridine rings is 1. The molecular formula is C20H25FN6O2. The number of nitrogens with zero attached hydrogens (tertiary/aromatic N) is 4. The number of hydrogen-bond acceptors (Lipinski definition) is 5. The van der Waals surface area contributed by atoms with Gasteiger partial charge in [0.05, 0.1) is 17.8 Å². The second-order valence-electron chi connectivity index (χ2n) is 8.31. The standard InChI is InChI=1S/C20H25FN6O2/c1-19(2)15-13(12-27(19)18(29)20(21)7-10-26(3)11-8-20)16(25-24-15)23-17(28)14-6-4-5-9-22-14/h4-6,9H,7-8,10-12H2,1-3H3,(H2,23,24,25,28). The normalized spacial score (nSPS) is 20.3. The number of halogens is 1. The minimum Gasteiger partial charge on any atom is -0.325 e. The largest absolute Gasteiger partial charge is 0.325 e. The summed E-state index contributed by atoms with van der Waals surface area (Å²) in [6, 6.07) is 5.06. The van der Waals surface area contributed by atoms with E-state index in [0.717, 1.165) is 0 Å². The quantitative estimate of drug-likeness (QED) is 0.823. The van der Waals surface area contributed by atoms with E-state index in [1.165, 1.54) is 6.20 Å². The van der Waals surface area contributed by atoms with Gasteiger partial charge in [0.2, 0.25) is 0 Å². The van der Waals surface area contributed by atoms with E-state index in [-0.39, 0.29) is 31.0 Å². The number of fused-ring (bicyclic) bond motifs is 1. The predicted octanol–water partition coefficient (Wildman–Crippen LogP) is 2.07. The molecule has 0 atom stereocenters. The molecule has 8 nitrogen and oxygen atoms in total. The Morgan fingerprint density at radius 3 is 2.62 bits per heavy atom. The third-order valence-corrected chi connectivity index (χ3v) is 6.01. The van der Waals surface area contributed by atoms with Crippen molar-refractivity contribution < 1.29 is 14.0 Å². The number of aromatic amines is 1. The molecule has 2 aliphatic rings. The van der Waals surface area contributed by atoms with Gasteiger partial charge in [-0.05, 0) is 33.0 Å². The molecule has 2 N–H and O–H groups in total. The summed E-state index contributed by atoms with van der Waals surface area (Å²) in [6.07, 6.45) is 1.91. The minimum absolute atomic E-state index is 0.185. The zero-order valence-corrected chi connectivity index (χ0v) is 16.8. The number of rotatable bonds is 3. The molecule has 1 fully saturated rings. The van der Waals surface area contributed by atoms with E-state index >= 15 is 4.39 Å². The average molecular weight is 400 g/mol. The lowest BCUT2D eigenvalue weighted by atomic mass is 9.90. The second-order valence-corrected chi connectivity index (χ2v) is 8.31. The Morgan fingerprint density at radius 1 is 1.24 bits per heavy atom. The summed E-state index contributed by atoms with van der Waals surface area (Å²) >= 11 is 0. The van der Waals surface area contributed by atoms with Gasteiger partial charge in [-0.25, -0.2) is 4.39 Å². The number of likely N-dealkylation sites (tertiary alicyclic amines) is 1. The van der Waals surface area contributed by atoms with Gasteiger partial charge in [-0.1, -0.05) is 6.07 Å². The molecule has 0 bridgehead atoms. The van der Waals surface area contributed by atoms with Crippen LogP contribution in [0.4, 0.5) is 10.2 Å². The van der Waals surface area contributed by atoms with Gasteiger partial charge in [0, 0.05) is 37.7 Å². The molecule has 1 saturated heterocycles. The van der Waals surface area contributed by atoms with Gasteiger partial charge >= 0.3 is 0 Å². The van der Waals surface area contributed by atoms with Gasteiger partial charge < -0.3 is 15.1 Å². The first-order chi connectivity index (χ1) is 13.7. The molecule has 0 saturated carbocycles. The van der Waals surface area contributed by atoms with E-state index in [1.807, 2.05) is 25.8 Å². The molecule has 0 spiro atoms. The maximum atomic E-state index is 15.5. The predicted molar refractivity (Wildman–Crippen MR) is 105 cm³/mol. The van der Waals surface area contributed by atoms with Crippen molar-refractivity contribution in [1.29, 1.82) is 0 Å². The van der Waals surface area contributed by atoms with E-state index in [4.69, 9.17) is 0 Å². The number of piperidine rings is 1. The lowest BCUT2D eigenvalue weighted by molar-refractivity contribution is -0.153. The van der Waals surface area contributed by atoms with Crippen LogP contribution in [0, 0.1) is 0 Å². The lowest BCUT2D eigenvalue weighted by Crippen LogP contribution is -2.54. The SMILES string of the molecule is CN1CCC(F)(C(=O)N2Cc3c(NC(=O)c4ccccn4)n[nH]c3C2(C)C)CC1. The fraction of sp³-hybridized carbons (Fsp3) is 0.500. The third kappa shape index (κ3) is 3.29.